The minimum Gasteiger partial charge on any atom is -0.491 e. The summed E-state index contributed by atoms with van der Waals surface area (Å²) in [4.78, 5) is 3.88. The predicted octanol–water partition coefficient (Wildman–Crippen LogP) is 3.38. The van der Waals surface area contributed by atoms with Crippen LogP contribution in [0.2, 0.25) is 0 Å². The Kier molecular flexibility index (Phi) is 3.87. The molecule has 0 atom stereocenters. The zero-order valence-corrected chi connectivity index (χ0v) is 10.9. The van der Waals surface area contributed by atoms with Crippen molar-refractivity contribution in [2.24, 2.45) is 0 Å². The Balaban J connectivity index is 2.01. The molecule has 4 heteroatoms. The van der Waals surface area contributed by atoms with Crippen LogP contribution in [-0.2, 0) is 6.54 Å². The minimum atomic E-state index is 0.192. The number of hydrogen-bond acceptors (Lipinski definition) is 4. The molecule has 1 heterocycles. The van der Waals surface area contributed by atoms with Crippen LogP contribution in [0.1, 0.15) is 25.2 Å². The standard InChI is InChI=1S/C14H18N2O2/c1-10(2)18-12-4-5-14(11(3)6-12)16-8-13-7-15-9-17-13/h4-7,9-10,16H,8H2,1-3H3. The van der Waals surface area contributed by atoms with Crippen LogP contribution in [-0.4, -0.2) is 11.1 Å². The summed E-state index contributed by atoms with van der Waals surface area (Å²) in [7, 11) is 0. The molecule has 0 radical (unpaired) electrons. The van der Waals surface area contributed by atoms with Gasteiger partial charge in [-0.15, -0.1) is 0 Å². The largest absolute Gasteiger partial charge is 0.491 e. The molecule has 0 aliphatic rings. The van der Waals surface area contributed by atoms with E-state index < -0.39 is 0 Å². The number of nitrogens with zero attached hydrogens (tertiary/aromatic N) is 1. The van der Waals surface area contributed by atoms with E-state index in [1.165, 1.54) is 6.39 Å². The van der Waals surface area contributed by atoms with Crippen LogP contribution in [0.15, 0.2) is 35.2 Å². The van der Waals surface area contributed by atoms with Crippen molar-refractivity contribution >= 4 is 5.69 Å². The van der Waals surface area contributed by atoms with Crippen molar-refractivity contribution in [1.29, 1.82) is 0 Å². The Bertz CT molecular complexity index is 493. The van der Waals surface area contributed by atoms with Crippen LogP contribution < -0.4 is 10.1 Å². The van der Waals surface area contributed by atoms with Gasteiger partial charge in [0.1, 0.15) is 11.5 Å². The van der Waals surface area contributed by atoms with Crippen molar-refractivity contribution < 1.29 is 9.15 Å². The quantitative estimate of drug-likeness (QED) is 0.878. The Morgan fingerprint density at radius 1 is 1.39 bits per heavy atom. The highest BCUT2D eigenvalue weighted by molar-refractivity contribution is 5.53. The van der Waals surface area contributed by atoms with Gasteiger partial charge in [0.05, 0.1) is 18.8 Å². The topological polar surface area (TPSA) is 47.3 Å². The number of hydrogen-bond donors (Lipinski definition) is 1. The maximum atomic E-state index is 5.64. The first kappa shape index (κ1) is 12.5. The SMILES string of the molecule is Cc1cc(OC(C)C)ccc1NCc1cnco1. The molecular weight excluding hydrogens is 228 g/mol. The second-order valence-electron chi connectivity index (χ2n) is 4.46. The molecule has 0 amide bonds. The molecule has 96 valence electrons. The number of nitrogens with one attached hydrogen (secondary N) is 1. The fraction of sp³-hybridized carbons (Fsp3) is 0.357. The van der Waals surface area contributed by atoms with Gasteiger partial charge in [0.25, 0.3) is 0 Å². The molecule has 1 aromatic heterocycles. The molecule has 2 rings (SSSR count). The molecule has 2 aromatic rings. The van der Waals surface area contributed by atoms with E-state index in [1.54, 1.807) is 6.20 Å². The zero-order valence-electron chi connectivity index (χ0n) is 10.9. The summed E-state index contributed by atoms with van der Waals surface area (Å²) in [6, 6.07) is 6.02. The first-order valence-corrected chi connectivity index (χ1v) is 6.03. The average molecular weight is 246 g/mol. The van der Waals surface area contributed by atoms with Gasteiger partial charge in [-0.2, -0.15) is 0 Å². The summed E-state index contributed by atoms with van der Waals surface area (Å²) >= 11 is 0. The maximum Gasteiger partial charge on any atom is 0.180 e. The van der Waals surface area contributed by atoms with Gasteiger partial charge in [0.2, 0.25) is 0 Å². The smallest absolute Gasteiger partial charge is 0.180 e. The summed E-state index contributed by atoms with van der Waals surface area (Å²) in [6.45, 7) is 6.72. The minimum absolute atomic E-state index is 0.192. The number of benzene rings is 1. The van der Waals surface area contributed by atoms with Crippen LogP contribution >= 0.6 is 0 Å². The van der Waals surface area contributed by atoms with Crippen molar-refractivity contribution in [2.75, 3.05) is 5.32 Å². The number of aromatic nitrogens is 1. The number of aryl methyl sites for hydroxylation is 1. The van der Waals surface area contributed by atoms with E-state index in [4.69, 9.17) is 9.15 Å². The molecule has 0 spiro atoms. The first-order chi connectivity index (χ1) is 8.65. The fourth-order valence-corrected chi connectivity index (χ4v) is 1.69. The van der Waals surface area contributed by atoms with Gasteiger partial charge >= 0.3 is 0 Å². The molecule has 0 aliphatic heterocycles. The zero-order chi connectivity index (χ0) is 13.0. The van der Waals surface area contributed by atoms with Crippen molar-refractivity contribution in [3.05, 3.63) is 42.1 Å². The van der Waals surface area contributed by atoms with E-state index in [2.05, 4.69) is 17.2 Å². The summed E-state index contributed by atoms with van der Waals surface area (Å²) in [5, 5.41) is 3.31. The first-order valence-electron chi connectivity index (χ1n) is 6.03. The molecule has 0 bridgehead atoms. The fourth-order valence-electron chi connectivity index (χ4n) is 1.69. The Labute approximate surface area is 107 Å². The lowest BCUT2D eigenvalue weighted by Gasteiger charge is -2.13. The van der Waals surface area contributed by atoms with Gasteiger partial charge in [-0.1, -0.05) is 0 Å². The lowest BCUT2D eigenvalue weighted by atomic mass is 10.2. The van der Waals surface area contributed by atoms with E-state index in [-0.39, 0.29) is 6.10 Å². The van der Waals surface area contributed by atoms with E-state index in [1.807, 2.05) is 32.0 Å². The second kappa shape index (κ2) is 5.58. The highest BCUT2D eigenvalue weighted by Gasteiger charge is 2.03. The third kappa shape index (κ3) is 3.26. The molecule has 1 aromatic carbocycles. The molecule has 18 heavy (non-hydrogen) atoms. The van der Waals surface area contributed by atoms with E-state index >= 15 is 0 Å². The van der Waals surface area contributed by atoms with Gasteiger partial charge in [-0.05, 0) is 44.5 Å². The van der Waals surface area contributed by atoms with Gasteiger partial charge < -0.3 is 14.5 Å². The van der Waals surface area contributed by atoms with Crippen LogP contribution in [0.25, 0.3) is 0 Å². The molecule has 1 N–H and O–H groups in total. The van der Waals surface area contributed by atoms with Gasteiger partial charge in [-0.25, -0.2) is 4.98 Å². The molecule has 0 saturated heterocycles. The van der Waals surface area contributed by atoms with Crippen molar-refractivity contribution in [1.82, 2.24) is 4.98 Å². The predicted molar refractivity (Wildman–Crippen MR) is 70.8 cm³/mol. The van der Waals surface area contributed by atoms with Crippen molar-refractivity contribution in [3.63, 3.8) is 0 Å². The highest BCUT2D eigenvalue weighted by atomic mass is 16.5. The van der Waals surface area contributed by atoms with Crippen molar-refractivity contribution in [2.45, 2.75) is 33.4 Å². The van der Waals surface area contributed by atoms with Crippen molar-refractivity contribution in [3.8, 4) is 5.75 Å². The van der Waals surface area contributed by atoms with Crippen LogP contribution in [0.5, 0.6) is 5.75 Å². The van der Waals surface area contributed by atoms with Gasteiger partial charge in [0.15, 0.2) is 6.39 Å². The van der Waals surface area contributed by atoms with E-state index in [0.717, 1.165) is 22.8 Å². The lowest BCUT2D eigenvalue weighted by Crippen LogP contribution is -2.06. The van der Waals surface area contributed by atoms with Gasteiger partial charge in [-0.3, -0.25) is 0 Å². The molecule has 0 saturated carbocycles. The molecule has 0 unspecified atom stereocenters. The third-order valence-corrected chi connectivity index (χ3v) is 2.51. The number of ether oxygens (including phenoxy) is 1. The second-order valence-corrected chi connectivity index (χ2v) is 4.46. The maximum absolute atomic E-state index is 5.64. The van der Waals surface area contributed by atoms with Crippen LogP contribution in [0, 0.1) is 6.92 Å². The average Bonchev–Trinajstić information content (AvgIpc) is 2.80. The summed E-state index contributed by atoms with van der Waals surface area (Å²) in [5.41, 5.74) is 2.22. The van der Waals surface area contributed by atoms with E-state index in [9.17, 15) is 0 Å². The molecule has 4 nitrogen and oxygen atoms in total. The number of oxazole rings is 1. The molecule has 0 aliphatic carbocycles. The molecular formula is C14H18N2O2. The number of rotatable bonds is 5. The van der Waals surface area contributed by atoms with E-state index in [0.29, 0.717) is 6.54 Å². The van der Waals surface area contributed by atoms with Crippen LogP contribution in [0.3, 0.4) is 0 Å². The lowest BCUT2D eigenvalue weighted by molar-refractivity contribution is 0.242. The Morgan fingerprint density at radius 2 is 2.22 bits per heavy atom. The van der Waals surface area contributed by atoms with Gasteiger partial charge in [0, 0.05) is 5.69 Å². The normalized spacial score (nSPS) is 10.7. The summed E-state index contributed by atoms with van der Waals surface area (Å²) in [5.74, 6) is 1.71. The van der Waals surface area contributed by atoms with Crippen LogP contribution in [0.4, 0.5) is 5.69 Å². The molecule has 0 fully saturated rings. The summed E-state index contributed by atoms with van der Waals surface area (Å²) < 4.78 is 10.8. The highest BCUT2D eigenvalue weighted by Crippen LogP contribution is 2.22. The Hall–Kier alpha value is -1.97. The number of anilines is 1. The summed E-state index contributed by atoms with van der Waals surface area (Å²) in [6.07, 6.45) is 3.33. The Morgan fingerprint density at radius 3 is 2.83 bits per heavy atom. The monoisotopic (exact) mass is 246 g/mol. The third-order valence-electron chi connectivity index (χ3n) is 2.51.